The van der Waals surface area contributed by atoms with Gasteiger partial charge in [0.1, 0.15) is 0 Å². The standard InChI is InChI=1S/C8H14N2O4S/c11-8(12)10-1-2-15(13,14)5-7(10)6-3-9-4-6/h6-7,9H,1-5H2,(H,11,12). The molecule has 86 valence electrons. The van der Waals surface area contributed by atoms with Crippen molar-refractivity contribution >= 4 is 15.9 Å². The first-order valence-corrected chi connectivity index (χ1v) is 6.72. The zero-order valence-corrected chi connectivity index (χ0v) is 9.03. The van der Waals surface area contributed by atoms with Crippen molar-refractivity contribution in [3.8, 4) is 0 Å². The van der Waals surface area contributed by atoms with Crippen LogP contribution >= 0.6 is 0 Å². The van der Waals surface area contributed by atoms with Crippen molar-refractivity contribution < 1.29 is 18.3 Å². The minimum atomic E-state index is -3.05. The van der Waals surface area contributed by atoms with Crippen LogP contribution in [0.4, 0.5) is 4.79 Å². The smallest absolute Gasteiger partial charge is 0.407 e. The van der Waals surface area contributed by atoms with Crippen molar-refractivity contribution in [3.63, 3.8) is 0 Å². The quantitative estimate of drug-likeness (QED) is 0.606. The summed E-state index contributed by atoms with van der Waals surface area (Å²) < 4.78 is 22.9. The maximum atomic E-state index is 11.4. The van der Waals surface area contributed by atoms with Crippen molar-refractivity contribution in [2.75, 3.05) is 31.1 Å². The van der Waals surface area contributed by atoms with Gasteiger partial charge in [0.2, 0.25) is 0 Å². The van der Waals surface area contributed by atoms with Crippen LogP contribution in [0.15, 0.2) is 0 Å². The van der Waals surface area contributed by atoms with Crippen molar-refractivity contribution in [2.24, 2.45) is 5.92 Å². The Morgan fingerprint density at radius 1 is 1.40 bits per heavy atom. The van der Waals surface area contributed by atoms with E-state index in [1.807, 2.05) is 0 Å². The summed E-state index contributed by atoms with van der Waals surface area (Å²) in [6.07, 6.45) is -1.01. The van der Waals surface area contributed by atoms with Gasteiger partial charge in [-0.15, -0.1) is 0 Å². The summed E-state index contributed by atoms with van der Waals surface area (Å²) in [5.41, 5.74) is 0. The van der Waals surface area contributed by atoms with Crippen LogP contribution in [0, 0.1) is 5.92 Å². The van der Waals surface area contributed by atoms with Crippen LogP contribution in [-0.2, 0) is 9.84 Å². The third-order valence-electron chi connectivity index (χ3n) is 3.07. The highest BCUT2D eigenvalue weighted by Gasteiger charge is 2.40. The first-order valence-electron chi connectivity index (χ1n) is 4.90. The number of nitrogens with zero attached hydrogens (tertiary/aromatic N) is 1. The zero-order valence-electron chi connectivity index (χ0n) is 8.22. The van der Waals surface area contributed by atoms with Crippen LogP contribution in [0.1, 0.15) is 0 Å². The summed E-state index contributed by atoms with van der Waals surface area (Å²) in [6.45, 7) is 1.53. The van der Waals surface area contributed by atoms with E-state index in [0.717, 1.165) is 0 Å². The first-order chi connectivity index (χ1) is 6.99. The van der Waals surface area contributed by atoms with E-state index in [0.29, 0.717) is 13.1 Å². The van der Waals surface area contributed by atoms with Gasteiger partial charge in [-0.05, 0) is 0 Å². The molecule has 0 radical (unpaired) electrons. The maximum absolute atomic E-state index is 11.4. The van der Waals surface area contributed by atoms with Crippen molar-refractivity contribution in [2.45, 2.75) is 6.04 Å². The first kappa shape index (κ1) is 10.7. The van der Waals surface area contributed by atoms with E-state index in [4.69, 9.17) is 5.11 Å². The minimum Gasteiger partial charge on any atom is -0.465 e. The second-order valence-electron chi connectivity index (χ2n) is 4.08. The Morgan fingerprint density at radius 2 is 2.07 bits per heavy atom. The number of nitrogens with one attached hydrogen (secondary N) is 1. The van der Waals surface area contributed by atoms with Crippen LogP contribution in [-0.4, -0.2) is 61.7 Å². The molecule has 2 N–H and O–H groups in total. The Hall–Kier alpha value is -0.820. The Labute approximate surface area is 88.2 Å². The number of hydrogen-bond acceptors (Lipinski definition) is 4. The molecule has 6 nitrogen and oxygen atoms in total. The topological polar surface area (TPSA) is 86.7 Å². The normalized spacial score (nSPS) is 30.9. The average molecular weight is 234 g/mol. The summed E-state index contributed by atoms with van der Waals surface area (Å²) in [7, 11) is -3.05. The lowest BCUT2D eigenvalue weighted by atomic mass is 9.94. The summed E-state index contributed by atoms with van der Waals surface area (Å²) >= 11 is 0. The Bertz CT molecular complexity index is 363. The van der Waals surface area contributed by atoms with Gasteiger partial charge in [0, 0.05) is 25.6 Å². The molecule has 0 aromatic carbocycles. The molecule has 1 unspecified atom stereocenters. The molecule has 0 aliphatic carbocycles. The molecule has 2 heterocycles. The minimum absolute atomic E-state index is 0.0222. The number of carboxylic acid groups (broad SMARTS) is 1. The molecule has 0 aromatic heterocycles. The second kappa shape index (κ2) is 3.64. The van der Waals surface area contributed by atoms with Gasteiger partial charge in [-0.25, -0.2) is 13.2 Å². The molecule has 0 bridgehead atoms. The number of carbonyl (C=O) groups is 1. The highest BCUT2D eigenvalue weighted by atomic mass is 32.2. The largest absolute Gasteiger partial charge is 0.465 e. The molecule has 0 aromatic rings. The van der Waals surface area contributed by atoms with Crippen LogP contribution in [0.2, 0.25) is 0 Å². The van der Waals surface area contributed by atoms with Gasteiger partial charge >= 0.3 is 6.09 Å². The molecular weight excluding hydrogens is 220 g/mol. The third-order valence-corrected chi connectivity index (χ3v) is 4.73. The Morgan fingerprint density at radius 3 is 2.53 bits per heavy atom. The fraction of sp³-hybridized carbons (Fsp3) is 0.875. The predicted octanol–water partition coefficient (Wildman–Crippen LogP) is -1.02. The lowest BCUT2D eigenvalue weighted by Gasteiger charge is -2.42. The summed E-state index contributed by atoms with van der Waals surface area (Å²) in [5, 5.41) is 12.0. The Kier molecular flexibility index (Phi) is 2.59. The highest BCUT2D eigenvalue weighted by Crippen LogP contribution is 2.21. The van der Waals surface area contributed by atoms with Crippen molar-refractivity contribution in [1.82, 2.24) is 10.2 Å². The van der Waals surface area contributed by atoms with E-state index in [9.17, 15) is 13.2 Å². The predicted molar refractivity (Wildman–Crippen MR) is 53.5 cm³/mol. The van der Waals surface area contributed by atoms with E-state index >= 15 is 0 Å². The molecule has 2 rings (SSSR count). The number of rotatable bonds is 1. The van der Waals surface area contributed by atoms with E-state index in [-0.39, 0.29) is 30.0 Å². The van der Waals surface area contributed by atoms with Gasteiger partial charge in [0.15, 0.2) is 9.84 Å². The molecule has 15 heavy (non-hydrogen) atoms. The van der Waals surface area contributed by atoms with Crippen molar-refractivity contribution in [1.29, 1.82) is 0 Å². The fourth-order valence-electron chi connectivity index (χ4n) is 2.05. The monoisotopic (exact) mass is 234 g/mol. The molecule has 1 amide bonds. The fourth-order valence-corrected chi connectivity index (χ4v) is 3.66. The molecule has 2 fully saturated rings. The lowest BCUT2D eigenvalue weighted by Crippen LogP contribution is -2.61. The molecule has 2 saturated heterocycles. The summed E-state index contributed by atoms with van der Waals surface area (Å²) in [4.78, 5) is 12.2. The molecular formula is C8H14N2O4S. The van der Waals surface area contributed by atoms with E-state index < -0.39 is 15.9 Å². The lowest BCUT2D eigenvalue weighted by molar-refractivity contribution is 0.0980. The van der Waals surface area contributed by atoms with Crippen LogP contribution < -0.4 is 5.32 Å². The van der Waals surface area contributed by atoms with Gasteiger partial charge in [0.25, 0.3) is 0 Å². The summed E-state index contributed by atoms with van der Waals surface area (Å²) in [6, 6.07) is -0.359. The molecule has 2 aliphatic heterocycles. The maximum Gasteiger partial charge on any atom is 0.407 e. The van der Waals surface area contributed by atoms with Gasteiger partial charge in [-0.3, -0.25) is 0 Å². The van der Waals surface area contributed by atoms with E-state index in [2.05, 4.69) is 5.32 Å². The SMILES string of the molecule is O=C(O)N1CCS(=O)(=O)CC1C1CNC1. The second-order valence-corrected chi connectivity index (χ2v) is 6.30. The van der Waals surface area contributed by atoms with Gasteiger partial charge in [0.05, 0.1) is 17.5 Å². The van der Waals surface area contributed by atoms with Gasteiger partial charge in [-0.2, -0.15) is 0 Å². The van der Waals surface area contributed by atoms with Gasteiger partial charge in [-0.1, -0.05) is 0 Å². The number of amides is 1. The van der Waals surface area contributed by atoms with Crippen LogP contribution in [0.3, 0.4) is 0 Å². The van der Waals surface area contributed by atoms with Crippen molar-refractivity contribution in [3.05, 3.63) is 0 Å². The zero-order chi connectivity index (χ0) is 11.1. The summed E-state index contributed by atoms with van der Waals surface area (Å²) in [5.74, 6) is 0.0814. The molecule has 2 aliphatic rings. The number of sulfone groups is 1. The number of hydrogen-bond donors (Lipinski definition) is 2. The molecule has 7 heteroatoms. The highest BCUT2D eigenvalue weighted by molar-refractivity contribution is 7.91. The Balaban J connectivity index is 2.15. The van der Waals surface area contributed by atoms with E-state index in [1.165, 1.54) is 4.90 Å². The molecule has 1 atom stereocenters. The van der Waals surface area contributed by atoms with Gasteiger partial charge < -0.3 is 15.3 Å². The van der Waals surface area contributed by atoms with Crippen LogP contribution in [0.25, 0.3) is 0 Å². The van der Waals surface area contributed by atoms with E-state index in [1.54, 1.807) is 0 Å². The van der Waals surface area contributed by atoms with Crippen LogP contribution in [0.5, 0.6) is 0 Å². The average Bonchev–Trinajstić information content (AvgIpc) is 1.98. The third kappa shape index (κ3) is 2.07. The molecule has 0 spiro atoms. The molecule has 0 saturated carbocycles.